The molecule has 0 saturated carbocycles. The lowest BCUT2D eigenvalue weighted by Crippen LogP contribution is -2.70. The zero-order valence-electron chi connectivity index (χ0n) is 17.0. The van der Waals surface area contributed by atoms with Gasteiger partial charge in [0.25, 0.3) is 5.91 Å². The second-order valence-corrected chi connectivity index (χ2v) is 9.43. The second-order valence-electron chi connectivity index (χ2n) is 7.29. The highest BCUT2D eigenvalue weighted by Gasteiger charge is 2.55. The Bertz CT molecular complexity index is 1080. The van der Waals surface area contributed by atoms with Crippen molar-refractivity contribution in [2.75, 3.05) is 5.75 Å². The van der Waals surface area contributed by atoms with Crippen molar-refractivity contribution in [1.29, 1.82) is 0 Å². The first-order valence-electron chi connectivity index (χ1n) is 9.81. The number of nitrogens with zero attached hydrogens (tertiary/aromatic N) is 1. The third kappa shape index (κ3) is 4.28. The van der Waals surface area contributed by atoms with Gasteiger partial charge in [-0.05, 0) is 17.0 Å². The van der Waals surface area contributed by atoms with Crippen molar-refractivity contribution in [1.82, 2.24) is 10.2 Å². The molecule has 10 heteroatoms. The number of thioether (sulfide) groups is 1. The Morgan fingerprint density at radius 1 is 1.22 bits per heavy atom. The van der Waals surface area contributed by atoms with Crippen molar-refractivity contribution in [3.05, 3.63) is 69.6 Å². The molecular formula is C22H20N2O6S2. The van der Waals surface area contributed by atoms with Crippen LogP contribution >= 0.6 is 23.1 Å². The molecule has 2 aliphatic rings. The lowest BCUT2D eigenvalue weighted by atomic mass is 9.96. The van der Waals surface area contributed by atoms with Crippen LogP contribution in [0.15, 0.2) is 59.1 Å². The van der Waals surface area contributed by atoms with E-state index < -0.39 is 35.4 Å². The van der Waals surface area contributed by atoms with E-state index in [9.17, 15) is 24.3 Å². The second kappa shape index (κ2) is 9.17. The number of carboxylic acid groups (broad SMARTS) is 1. The fourth-order valence-corrected chi connectivity index (χ4v) is 5.85. The highest BCUT2D eigenvalue weighted by atomic mass is 32.2. The Kier molecular flexibility index (Phi) is 6.33. The lowest BCUT2D eigenvalue weighted by Gasteiger charge is -2.50. The molecule has 3 heterocycles. The number of thiophene rings is 1. The van der Waals surface area contributed by atoms with Crippen molar-refractivity contribution in [3.8, 4) is 0 Å². The zero-order valence-corrected chi connectivity index (χ0v) is 18.7. The van der Waals surface area contributed by atoms with Gasteiger partial charge < -0.3 is 15.2 Å². The van der Waals surface area contributed by atoms with Crippen molar-refractivity contribution >= 4 is 46.9 Å². The normalized spacial score (nSPS) is 20.8. The Balaban J connectivity index is 1.59. The summed E-state index contributed by atoms with van der Waals surface area (Å²) >= 11 is 2.78. The highest BCUT2D eigenvalue weighted by molar-refractivity contribution is 8.00. The van der Waals surface area contributed by atoms with E-state index in [4.69, 9.17) is 4.74 Å². The van der Waals surface area contributed by atoms with Crippen LogP contribution in [-0.2, 0) is 30.3 Å². The summed E-state index contributed by atoms with van der Waals surface area (Å²) in [5.41, 5.74) is 0.749. The minimum absolute atomic E-state index is 0.161. The minimum atomic E-state index is -1.28. The average molecular weight is 473 g/mol. The van der Waals surface area contributed by atoms with Crippen LogP contribution in [0.5, 0.6) is 0 Å². The number of β-lactam (4-membered cyclic amide) rings is 1. The van der Waals surface area contributed by atoms with E-state index >= 15 is 0 Å². The third-order valence-electron chi connectivity index (χ3n) is 5.13. The van der Waals surface area contributed by atoms with Crippen LogP contribution in [0.25, 0.3) is 0 Å². The molecule has 0 spiro atoms. The summed E-state index contributed by atoms with van der Waals surface area (Å²) in [7, 11) is 0. The number of carbonyl (C=O) groups is 4. The van der Waals surface area contributed by atoms with Crippen molar-refractivity contribution in [3.63, 3.8) is 0 Å². The van der Waals surface area contributed by atoms with E-state index in [-0.39, 0.29) is 23.8 Å². The number of aliphatic carboxylic acids is 1. The van der Waals surface area contributed by atoms with Gasteiger partial charge in [0.1, 0.15) is 17.1 Å². The Hall–Kier alpha value is -3.11. The molecule has 8 nitrogen and oxygen atoms in total. The van der Waals surface area contributed by atoms with E-state index in [1.807, 2.05) is 17.5 Å². The number of hydrogen-bond acceptors (Lipinski definition) is 7. The Morgan fingerprint density at radius 2 is 1.97 bits per heavy atom. The molecule has 1 fully saturated rings. The molecule has 2 amide bonds. The number of benzene rings is 1. The van der Waals surface area contributed by atoms with Gasteiger partial charge in [-0.1, -0.05) is 36.4 Å². The molecule has 166 valence electrons. The quantitative estimate of drug-likeness (QED) is 0.470. The van der Waals surface area contributed by atoms with Crippen LogP contribution in [0, 0.1) is 0 Å². The van der Waals surface area contributed by atoms with Crippen LogP contribution in [0.3, 0.4) is 0 Å². The average Bonchev–Trinajstić information content (AvgIpc) is 3.28. The van der Waals surface area contributed by atoms with E-state index in [1.54, 1.807) is 30.3 Å². The number of ether oxygens (including phenoxy) is 1. The van der Waals surface area contributed by atoms with Gasteiger partial charge in [-0.2, -0.15) is 0 Å². The summed E-state index contributed by atoms with van der Waals surface area (Å²) < 4.78 is 5.47. The molecule has 3 atom stereocenters. The Morgan fingerprint density at radius 3 is 2.59 bits per heavy atom. The van der Waals surface area contributed by atoms with Crippen LogP contribution in [0.2, 0.25) is 0 Å². The molecular weight excluding hydrogens is 452 g/mol. The van der Waals surface area contributed by atoms with E-state index in [1.165, 1.54) is 34.9 Å². The summed E-state index contributed by atoms with van der Waals surface area (Å²) in [4.78, 5) is 51.2. The molecule has 1 aromatic heterocycles. The van der Waals surface area contributed by atoms with Gasteiger partial charge in [0.15, 0.2) is 6.10 Å². The van der Waals surface area contributed by atoms with Crippen molar-refractivity contribution in [2.24, 2.45) is 0 Å². The number of carboxylic acids is 1. The molecule has 2 N–H and O–H groups in total. The smallest absolute Gasteiger partial charge is 0.352 e. The molecule has 1 aromatic carbocycles. The summed E-state index contributed by atoms with van der Waals surface area (Å²) in [5, 5.41) is 14.0. The number of carbonyl (C=O) groups excluding carboxylic acids is 3. The standard InChI is InChI=1S/C22H20N2O6S2/c1-12(25)30-19(13-6-3-2-4-7-13)15-11-32-21-17(20(27)24(21)18(15)22(28)29)23-16(26)10-14-8-5-9-31-14/h2-9,17,19,21H,10-11H2,1H3,(H,23,26)(H,28,29)/t17?,19?,21-/m0/s1. The molecule has 0 bridgehead atoms. The number of esters is 1. The van der Waals surface area contributed by atoms with Gasteiger partial charge >= 0.3 is 11.9 Å². The van der Waals surface area contributed by atoms with Gasteiger partial charge in [0.2, 0.25) is 5.91 Å². The maximum Gasteiger partial charge on any atom is 0.352 e. The summed E-state index contributed by atoms with van der Waals surface area (Å²) in [6, 6.07) is 11.7. The maximum atomic E-state index is 12.9. The van der Waals surface area contributed by atoms with E-state index in [0.717, 1.165) is 4.88 Å². The van der Waals surface area contributed by atoms with Gasteiger partial charge in [-0.25, -0.2) is 4.79 Å². The number of amides is 2. The first-order chi connectivity index (χ1) is 15.4. The molecule has 2 aromatic rings. The first-order valence-corrected chi connectivity index (χ1v) is 11.7. The molecule has 32 heavy (non-hydrogen) atoms. The van der Waals surface area contributed by atoms with Gasteiger partial charge in [-0.3, -0.25) is 19.3 Å². The summed E-state index contributed by atoms with van der Waals surface area (Å²) in [5.74, 6) is -2.39. The predicted molar refractivity (Wildman–Crippen MR) is 119 cm³/mol. The fourth-order valence-electron chi connectivity index (χ4n) is 3.77. The molecule has 0 radical (unpaired) electrons. The van der Waals surface area contributed by atoms with Crippen LogP contribution < -0.4 is 5.32 Å². The molecule has 4 rings (SSSR count). The largest absolute Gasteiger partial charge is 0.477 e. The van der Waals surface area contributed by atoms with E-state index in [0.29, 0.717) is 11.1 Å². The fraction of sp³-hybridized carbons (Fsp3) is 0.273. The molecule has 2 unspecified atom stereocenters. The minimum Gasteiger partial charge on any atom is -0.477 e. The number of rotatable bonds is 7. The van der Waals surface area contributed by atoms with Crippen LogP contribution in [0.1, 0.15) is 23.5 Å². The van der Waals surface area contributed by atoms with Gasteiger partial charge in [-0.15, -0.1) is 23.1 Å². The molecule has 1 saturated heterocycles. The van der Waals surface area contributed by atoms with Crippen LogP contribution in [0.4, 0.5) is 0 Å². The molecule has 0 aliphatic carbocycles. The topological polar surface area (TPSA) is 113 Å². The monoisotopic (exact) mass is 472 g/mol. The van der Waals surface area contributed by atoms with E-state index in [2.05, 4.69) is 5.32 Å². The molecule has 2 aliphatic heterocycles. The first kappa shape index (κ1) is 22.1. The van der Waals surface area contributed by atoms with Crippen molar-refractivity contribution < 1.29 is 29.0 Å². The zero-order chi connectivity index (χ0) is 22.8. The van der Waals surface area contributed by atoms with Crippen LogP contribution in [-0.4, -0.2) is 50.9 Å². The SMILES string of the molecule is CC(=O)OC(C1=C(C(=O)O)N2C(=O)C(NC(=O)Cc3cccs3)[C@@H]2SC1)c1ccccc1. The van der Waals surface area contributed by atoms with Gasteiger partial charge in [0, 0.05) is 23.1 Å². The van der Waals surface area contributed by atoms with Crippen molar-refractivity contribution in [2.45, 2.75) is 30.9 Å². The Labute approximate surface area is 192 Å². The number of fused-ring (bicyclic) bond motifs is 1. The third-order valence-corrected chi connectivity index (χ3v) is 7.31. The summed E-state index contributed by atoms with van der Waals surface area (Å²) in [6.45, 7) is 1.25. The summed E-state index contributed by atoms with van der Waals surface area (Å²) in [6.07, 6.45) is -0.762. The number of nitrogens with one attached hydrogen (secondary N) is 1. The highest BCUT2D eigenvalue weighted by Crippen LogP contribution is 2.44. The lowest BCUT2D eigenvalue weighted by molar-refractivity contribution is -0.151. The maximum absolute atomic E-state index is 12.9. The number of hydrogen-bond donors (Lipinski definition) is 2. The predicted octanol–water partition coefficient (Wildman–Crippen LogP) is 2.33. The van der Waals surface area contributed by atoms with Gasteiger partial charge in [0.05, 0.1) is 6.42 Å².